The standard InChI is InChI=1S/C11H21N5O4/c12-7(2-1-3-15-11(13)14)9(18)16-5-6(17)4-8(16)10(19)20/h6-8,17H,1-5,12H2,(H,19,20)(H4,13,14,15)/t6-,7+,8+/m1/s1. The molecule has 0 spiro atoms. The molecule has 20 heavy (non-hydrogen) atoms. The fourth-order valence-electron chi connectivity index (χ4n) is 2.15. The number of aliphatic carboxylic acids is 1. The molecule has 0 aromatic rings. The van der Waals surface area contributed by atoms with Crippen LogP contribution in [0.25, 0.3) is 0 Å². The van der Waals surface area contributed by atoms with Crippen LogP contribution in [0, 0.1) is 0 Å². The predicted octanol–water partition coefficient (Wildman–Crippen LogP) is -2.59. The third-order valence-electron chi connectivity index (χ3n) is 3.13. The number of carbonyl (C=O) groups excluding carboxylic acids is 1. The second kappa shape index (κ2) is 7.06. The van der Waals surface area contributed by atoms with Gasteiger partial charge in [0, 0.05) is 19.5 Å². The smallest absolute Gasteiger partial charge is 0.326 e. The number of carboxylic acid groups (broad SMARTS) is 1. The maximum absolute atomic E-state index is 12.1. The molecule has 1 aliphatic rings. The Morgan fingerprint density at radius 1 is 1.40 bits per heavy atom. The first-order chi connectivity index (χ1) is 9.32. The number of aliphatic hydroxyl groups excluding tert-OH is 1. The van der Waals surface area contributed by atoms with E-state index in [-0.39, 0.29) is 18.9 Å². The lowest BCUT2D eigenvalue weighted by Crippen LogP contribution is -2.48. The van der Waals surface area contributed by atoms with Crippen molar-refractivity contribution in [1.29, 1.82) is 0 Å². The van der Waals surface area contributed by atoms with Crippen molar-refractivity contribution in [3.05, 3.63) is 0 Å². The van der Waals surface area contributed by atoms with E-state index in [2.05, 4.69) is 4.99 Å². The largest absolute Gasteiger partial charge is 0.480 e. The lowest BCUT2D eigenvalue weighted by molar-refractivity contribution is -0.148. The van der Waals surface area contributed by atoms with Gasteiger partial charge in [-0.2, -0.15) is 0 Å². The Morgan fingerprint density at radius 2 is 2.05 bits per heavy atom. The summed E-state index contributed by atoms with van der Waals surface area (Å²) in [6.45, 7) is 0.353. The summed E-state index contributed by atoms with van der Waals surface area (Å²) in [6.07, 6.45) is 0.0591. The fraction of sp³-hybridized carbons (Fsp3) is 0.727. The van der Waals surface area contributed by atoms with Gasteiger partial charge in [0.05, 0.1) is 12.1 Å². The van der Waals surface area contributed by atoms with Crippen molar-refractivity contribution in [1.82, 2.24) is 4.90 Å². The molecule has 114 valence electrons. The number of amides is 1. The quantitative estimate of drug-likeness (QED) is 0.203. The molecule has 0 aromatic carbocycles. The number of β-amino-alcohol motifs (C(OH)–C–C–N with tert-alkyl or cyclic N) is 1. The number of hydrogen-bond acceptors (Lipinski definition) is 5. The van der Waals surface area contributed by atoms with Gasteiger partial charge in [0.2, 0.25) is 5.91 Å². The summed E-state index contributed by atoms with van der Waals surface area (Å²) in [5, 5.41) is 18.5. The van der Waals surface area contributed by atoms with Crippen LogP contribution in [0.2, 0.25) is 0 Å². The lowest BCUT2D eigenvalue weighted by atomic mass is 10.1. The molecule has 0 unspecified atom stereocenters. The Morgan fingerprint density at radius 3 is 2.60 bits per heavy atom. The molecule has 0 aromatic heterocycles. The topological polar surface area (TPSA) is 168 Å². The van der Waals surface area contributed by atoms with Crippen LogP contribution in [0.15, 0.2) is 4.99 Å². The molecule has 1 aliphatic heterocycles. The van der Waals surface area contributed by atoms with E-state index in [0.717, 1.165) is 4.90 Å². The highest BCUT2D eigenvalue weighted by molar-refractivity contribution is 5.87. The lowest BCUT2D eigenvalue weighted by Gasteiger charge is -2.24. The number of aliphatic imine (C=N–C) groups is 1. The predicted molar refractivity (Wildman–Crippen MR) is 71.6 cm³/mol. The summed E-state index contributed by atoms with van der Waals surface area (Å²) in [5.74, 6) is -1.64. The molecule has 0 radical (unpaired) electrons. The van der Waals surface area contributed by atoms with Crippen LogP contribution in [0.4, 0.5) is 0 Å². The monoisotopic (exact) mass is 287 g/mol. The first-order valence-electron chi connectivity index (χ1n) is 6.35. The van der Waals surface area contributed by atoms with E-state index in [1.807, 2.05) is 0 Å². The van der Waals surface area contributed by atoms with Gasteiger partial charge in [-0.25, -0.2) is 4.79 Å². The number of carboxylic acids is 1. The molecule has 1 rings (SSSR count). The second-order valence-electron chi connectivity index (χ2n) is 4.79. The van der Waals surface area contributed by atoms with Crippen LogP contribution in [-0.4, -0.2) is 64.2 Å². The zero-order valence-corrected chi connectivity index (χ0v) is 11.1. The molecular weight excluding hydrogens is 266 g/mol. The molecule has 0 bridgehead atoms. The van der Waals surface area contributed by atoms with Crippen molar-refractivity contribution < 1.29 is 19.8 Å². The maximum Gasteiger partial charge on any atom is 0.326 e. The van der Waals surface area contributed by atoms with Crippen LogP contribution in [-0.2, 0) is 9.59 Å². The maximum atomic E-state index is 12.1. The number of rotatable bonds is 6. The van der Waals surface area contributed by atoms with Crippen LogP contribution in [0.1, 0.15) is 19.3 Å². The van der Waals surface area contributed by atoms with E-state index in [1.165, 1.54) is 0 Å². The Kier molecular flexibility index (Phi) is 5.71. The number of nitrogens with two attached hydrogens (primary N) is 3. The zero-order chi connectivity index (χ0) is 15.3. The molecule has 0 saturated carbocycles. The number of guanidine groups is 1. The van der Waals surface area contributed by atoms with Gasteiger partial charge in [0.25, 0.3) is 0 Å². The van der Waals surface area contributed by atoms with E-state index >= 15 is 0 Å². The van der Waals surface area contributed by atoms with Crippen molar-refractivity contribution in [2.75, 3.05) is 13.1 Å². The van der Waals surface area contributed by atoms with Crippen molar-refractivity contribution >= 4 is 17.8 Å². The number of likely N-dealkylation sites (tertiary alicyclic amines) is 1. The van der Waals surface area contributed by atoms with E-state index < -0.39 is 30.1 Å². The van der Waals surface area contributed by atoms with E-state index in [4.69, 9.17) is 22.3 Å². The van der Waals surface area contributed by atoms with Gasteiger partial charge in [-0.15, -0.1) is 0 Å². The fourth-order valence-corrected chi connectivity index (χ4v) is 2.15. The van der Waals surface area contributed by atoms with E-state index in [1.54, 1.807) is 0 Å². The Labute approximate surface area is 116 Å². The average Bonchev–Trinajstić information content (AvgIpc) is 2.75. The van der Waals surface area contributed by atoms with Crippen molar-refractivity contribution in [2.45, 2.75) is 37.5 Å². The van der Waals surface area contributed by atoms with Gasteiger partial charge < -0.3 is 32.3 Å². The van der Waals surface area contributed by atoms with Crippen LogP contribution < -0.4 is 17.2 Å². The molecule has 1 amide bonds. The van der Waals surface area contributed by atoms with E-state index in [0.29, 0.717) is 19.4 Å². The average molecular weight is 287 g/mol. The van der Waals surface area contributed by atoms with Crippen molar-refractivity contribution in [2.24, 2.45) is 22.2 Å². The molecule has 9 nitrogen and oxygen atoms in total. The summed E-state index contributed by atoms with van der Waals surface area (Å²) in [7, 11) is 0. The van der Waals surface area contributed by atoms with Crippen LogP contribution in [0.5, 0.6) is 0 Å². The summed E-state index contributed by atoms with van der Waals surface area (Å²) in [4.78, 5) is 28.0. The van der Waals surface area contributed by atoms with Gasteiger partial charge in [0.15, 0.2) is 5.96 Å². The Bertz CT molecular complexity index is 396. The van der Waals surface area contributed by atoms with Crippen molar-refractivity contribution in [3.8, 4) is 0 Å². The van der Waals surface area contributed by atoms with Crippen LogP contribution >= 0.6 is 0 Å². The third-order valence-corrected chi connectivity index (χ3v) is 3.13. The zero-order valence-electron chi connectivity index (χ0n) is 11.1. The molecule has 1 heterocycles. The first-order valence-corrected chi connectivity index (χ1v) is 6.35. The summed E-state index contributed by atoms with van der Waals surface area (Å²) >= 11 is 0. The third kappa shape index (κ3) is 4.35. The van der Waals surface area contributed by atoms with Gasteiger partial charge in [-0.1, -0.05) is 0 Å². The number of carbonyl (C=O) groups is 2. The van der Waals surface area contributed by atoms with Gasteiger partial charge in [-0.3, -0.25) is 9.79 Å². The Hall–Kier alpha value is -1.87. The van der Waals surface area contributed by atoms with E-state index in [9.17, 15) is 14.7 Å². The second-order valence-corrected chi connectivity index (χ2v) is 4.79. The summed E-state index contributed by atoms with van der Waals surface area (Å²) in [6, 6.07) is -1.84. The van der Waals surface area contributed by atoms with Gasteiger partial charge in [0.1, 0.15) is 6.04 Å². The van der Waals surface area contributed by atoms with Crippen molar-refractivity contribution in [3.63, 3.8) is 0 Å². The highest BCUT2D eigenvalue weighted by atomic mass is 16.4. The number of nitrogens with zero attached hydrogens (tertiary/aromatic N) is 2. The normalized spacial score (nSPS) is 23.4. The highest BCUT2D eigenvalue weighted by Gasteiger charge is 2.40. The van der Waals surface area contributed by atoms with Crippen LogP contribution in [0.3, 0.4) is 0 Å². The number of aliphatic hydroxyl groups is 1. The van der Waals surface area contributed by atoms with Gasteiger partial charge >= 0.3 is 5.97 Å². The molecule has 3 atom stereocenters. The molecular formula is C11H21N5O4. The molecule has 0 aliphatic carbocycles. The minimum absolute atomic E-state index is 0.00258. The molecule has 1 fully saturated rings. The summed E-state index contributed by atoms with van der Waals surface area (Å²) < 4.78 is 0. The highest BCUT2D eigenvalue weighted by Crippen LogP contribution is 2.19. The van der Waals surface area contributed by atoms with Gasteiger partial charge in [-0.05, 0) is 12.8 Å². The minimum Gasteiger partial charge on any atom is -0.480 e. The number of hydrogen-bond donors (Lipinski definition) is 5. The SMILES string of the molecule is NC(N)=NCCC[C@H](N)C(=O)N1C[C@H](O)C[C@H]1C(=O)O. The Balaban J connectivity index is 2.51. The summed E-state index contributed by atoms with van der Waals surface area (Å²) in [5.41, 5.74) is 16.1. The minimum atomic E-state index is -1.14. The first kappa shape index (κ1) is 16.2. The molecule has 1 saturated heterocycles. The molecule has 9 heteroatoms. The molecule has 8 N–H and O–H groups in total.